The lowest BCUT2D eigenvalue weighted by Crippen LogP contribution is -2.61. The van der Waals surface area contributed by atoms with Crippen LogP contribution in [0.4, 0.5) is 0 Å². The first-order valence-electron chi connectivity index (χ1n) is 5.77. The largest absolute Gasteiger partial charge is 0.388 e. The summed E-state index contributed by atoms with van der Waals surface area (Å²) in [6, 6.07) is 0. The minimum absolute atomic E-state index is 0.204. The summed E-state index contributed by atoms with van der Waals surface area (Å²) in [6.07, 6.45) is -2.52. The van der Waals surface area contributed by atoms with Gasteiger partial charge in [-0.05, 0) is 13.8 Å². The molecule has 8 nitrogen and oxygen atoms in total. The zero-order chi connectivity index (χ0) is 14.5. The third kappa shape index (κ3) is 3.07. The Bertz CT molecular complexity index is 446. The first kappa shape index (κ1) is 15.1. The summed E-state index contributed by atoms with van der Waals surface area (Å²) in [5.41, 5.74) is 0. The smallest absolute Gasteiger partial charge is 0.264 e. The molecule has 2 saturated heterocycles. The van der Waals surface area contributed by atoms with Crippen molar-refractivity contribution in [2.45, 2.75) is 43.7 Å². The van der Waals surface area contributed by atoms with Gasteiger partial charge in [-0.3, -0.25) is 4.18 Å². The summed E-state index contributed by atoms with van der Waals surface area (Å²) < 4.78 is 43.2. The van der Waals surface area contributed by atoms with Gasteiger partial charge in [0.15, 0.2) is 5.79 Å². The Hall–Kier alpha value is -0.290. The van der Waals surface area contributed by atoms with Crippen molar-refractivity contribution in [2.24, 2.45) is 0 Å². The standard InChI is InChI=1S/C10H18O8S/c1-9(2)17-8-7(12)6(11)4-15-10(8,18-9)5-16-19(3,13)14/h6-8,11-12H,4-5H2,1-3H3/t6-,7-,8+,10+/m1/s1. The maximum atomic E-state index is 11.1. The summed E-state index contributed by atoms with van der Waals surface area (Å²) in [5.74, 6) is -2.64. The number of hydrogen-bond donors (Lipinski definition) is 2. The van der Waals surface area contributed by atoms with Crippen LogP contribution in [0.25, 0.3) is 0 Å². The van der Waals surface area contributed by atoms with Gasteiger partial charge in [0, 0.05) is 0 Å². The van der Waals surface area contributed by atoms with Gasteiger partial charge in [-0.1, -0.05) is 0 Å². The molecule has 2 aliphatic rings. The highest BCUT2D eigenvalue weighted by Gasteiger charge is 2.61. The fourth-order valence-corrected chi connectivity index (χ4v) is 2.58. The van der Waals surface area contributed by atoms with Gasteiger partial charge in [0.05, 0.1) is 12.9 Å². The number of ether oxygens (including phenoxy) is 3. The van der Waals surface area contributed by atoms with Crippen molar-refractivity contribution in [2.75, 3.05) is 19.5 Å². The molecule has 0 saturated carbocycles. The zero-order valence-corrected chi connectivity index (χ0v) is 11.7. The van der Waals surface area contributed by atoms with Crippen LogP contribution < -0.4 is 0 Å². The molecule has 0 aromatic heterocycles. The van der Waals surface area contributed by atoms with E-state index in [1.54, 1.807) is 13.8 Å². The monoisotopic (exact) mass is 298 g/mol. The van der Waals surface area contributed by atoms with Crippen molar-refractivity contribution >= 4 is 10.1 Å². The van der Waals surface area contributed by atoms with Crippen LogP contribution in [0.3, 0.4) is 0 Å². The molecule has 0 aromatic rings. The number of rotatable bonds is 3. The zero-order valence-electron chi connectivity index (χ0n) is 10.9. The SMILES string of the molecule is CC1(C)O[C@H]2[C@H](O)[C@H](O)CO[C@@]2(COS(C)(=O)=O)O1. The van der Waals surface area contributed by atoms with Crippen molar-refractivity contribution in [1.29, 1.82) is 0 Å². The Labute approximate surface area is 111 Å². The first-order valence-corrected chi connectivity index (χ1v) is 7.59. The lowest BCUT2D eigenvalue weighted by Gasteiger charge is -2.40. The van der Waals surface area contributed by atoms with Crippen LogP contribution in [0.1, 0.15) is 13.8 Å². The normalized spacial score (nSPS) is 42.1. The Kier molecular flexibility index (Phi) is 3.67. The number of aliphatic hydroxyl groups is 2. The predicted octanol–water partition coefficient (Wildman–Crippen LogP) is -1.44. The van der Waals surface area contributed by atoms with Gasteiger partial charge in [-0.25, -0.2) is 0 Å². The first-order chi connectivity index (χ1) is 8.55. The molecule has 0 bridgehead atoms. The molecular formula is C10H18O8S. The van der Waals surface area contributed by atoms with Gasteiger partial charge in [0.1, 0.15) is 24.9 Å². The number of hydrogen-bond acceptors (Lipinski definition) is 8. The Morgan fingerprint density at radius 3 is 2.58 bits per heavy atom. The fraction of sp³-hybridized carbons (Fsp3) is 1.00. The second-order valence-corrected chi connectivity index (χ2v) is 6.83. The number of fused-ring (bicyclic) bond motifs is 1. The van der Waals surface area contributed by atoms with E-state index in [0.29, 0.717) is 0 Å². The molecule has 0 radical (unpaired) electrons. The lowest BCUT2D eigenvalue weighted by atomic mass is 9.98. The van der Waals surface area contributed by atoms with E-state index in [0.717, 1.165) is 6.26 Å². The summed E-state index contributed by atoms with van der Waals surface area (Å²) in [6.45, 7) is 2.53. The van der Waals surface area contributed by atoms with Gasteiger partial charge in [0.25, 0.3) is 10.1 Å². The van der Waals surface area contributed by atoms with Gasteiger partial charge in [-0.15, -0.1) is 0 Å². The topological polar surface area (TPSA) is 112 Å². The quantitative estimate of drug-likeness (QED) is 0.610. The van der Waals surface area contributed by atoms with Gasteiger partial charge in [0.2, 0.25) is 5.79 Å². The molecule has 112 valence electrons. The molecule has 0 aliphatic carbocycles. The molecule has 0 amide bonds. The van der Waals surface area contributed by atoms with Crippen LogP contribution >= 0.6 is 0 Å². The average molecular weight is 298 g/mol. The Balaban J connectivity index is 2.23. The molecule has 2 heterocycles. The van der Waals surface area contributed by atoms with E-state index in [2.05, 4.69) is 0 Å². The van der Waals surface area contributed by atoms with Crippen LogP contribution in [-0.4, -0.2) is 68.0 Å². The molecule has 2 aliphatic heterocycles. The van der Waals surface area contributed by atoms with E-state index >= 15 is 0 Å². The summed E-state index contributed by atoms with van der Waals surface area (Å²) in [7, 11) is -3.70. The second kappa shape index (κ2) is 4.62. The van der Waals surface area contributed by atoms with Gasteiger partial charge in [-0.2, -0.15) is 8.42 Å². The fourth-order valence-electron chi connectivity index (χ4n) is 2.20. The predicted molar refractivity (Wildman–Crippen MR) is 61.5 cm³/mol. The van der Waals surface area contributed by atoms with E-state index in [-0.39, 0.29) is 6.61 Å². The maximum absolute atomic E-state index is 11.1. The van der Waals surface area contributed by atoms with Crippen molar-refractivity contribution in [3.8, 4) is 0 Å². The third-order valence-electron chi connectivity index (χ3n) is 2.94. The molecule has 2 rings (SSSR count). The maximum Gasteiger partial charge on any atom is 0.264 e. The number of aliphatic hydroxyl groups excluding tert-OH is 2. The van der Waals surface area contributed by atoms with Crippen LogP contribution in [0.5, 0.6) is 0 Å². The second-order valence-electron chi connectivity index (χ2n) is 5.19. The van der Waals surface area contributed by atoms with E-state index in [1.807, 2.05) is 0 Å². The molecule has 4 atom stereocenters. The summed E-state index contributed by atoms with van der Waals surface area (Å²) >= 11 is 0. The molecule has 2 fully saturated rings. The van der Waals surface area contributed by atoms with Gasteiger partial charge >= 0.3 is 0 Å². The summed E-state index contributed by atoms with van der Waals surface area (Å²) in [5, 5.41) is 19.5. The van der Waals surface area contributed by atoms with Crippen LogP contribution in [0.2, 0.25) is 0 Å². The highest BCUT2D eigenvalue weighted by Crippen LogP contribution is 2.42. The van der Waals surface area contributed by atoms with Crippen molar-refractivity contribution in [1.82, 2.24) is 0 Å². The molecule has 9 heteroatoms. The lowest BCUT2D eigenvalue weighted by molar-refractivity contribution is -0.301. The third-order valence-corrected chi connectivity index (χ3v) is 3.49. The highest BCUT2D eigenvalue weighted by molar-refractivity contribution is 7.85. The van der Waals surface area contributed by atoms with Crippen molar-refractivity contribution < 1.29 is 37.0 Å². The molecule has 0 spiro atoms. The molecule has 0 aromatic carbocycles. The minimum atomic E-state index is -3.70. The van der Waals surface area contributed by atoms with E-state index in [4.69, 9.17) is 18.4 Å². The molecular weight excluding hydrogens is 280 g/mol. The Morgan fingerprint density at radius 2 is 2.00 bits per heavy atom. The van der Waals surface area contributed by atoms with Crippen molar-refractivity contribution in [3.63, 3.8) is 0 Å². The van der Waals surface area contributed by atoms with E-state index < -0.39 is 46.6 Å². The van der Waals surface area contributed by atoms with Crippen LogP contribution in [0.15, 0.2) is 0 Å². The molecule has 0 unspecified atom stereocenters. The Morgan fingerprint density at radius 1 is 1.37 bits per heavy atom. The van der Waals surface area contributed by atoms with Crippen LogP contribution in [0, 0.1) is 0 Å². The van der Waals surface area contributed by atoms with Gasteiger partial charge < -0.3 is 24.4 Å². The summed E-state index contributed by atoms with van der Waals surface area (Å²) in [4.78, 5) is 0. The van der Waals surface area contributed by atoms with E-state index in [9.17, 15) is 18.6 Å². The minimum Gasteiger partial charge on any atom is -0.388 e. The average Bonchev–Trinajstić information content (AvgIpc) is 2.53. The van der Waals surface area contributed by atoms with E-state index in [1.165, 1.54) is 0 Å². The highest BCUT2D eigenvalue weighted by atomic mass is 32.2. The van der Waals surface area contributed by atoms with Crippen molar-refractivity contribution in [3.05, 3.63) is 0 Å². The molecule has 19 heavy (non-hydrogen) atoms. The molecule has 2 N–H and O–H groups in total. The van der Waals surface area contributed by atoms with Crippen LogP contribution in [-0.2, 0) is 28.5 Å².